The molecule has 0 saturated heterocycles. The monoisotopic (exact) mass is 276 g/mol. The normalized spacial score (nSPS) is 9.83. The van der Waals surface area contributed by atoms with Crippen LogP contribution in [0.25, 0.3) is 0 Å². The average molecular weight is 277 g/mol. The van der Waals surface area contributed by atoms with Crippen LogP contribution in [-0.4, -0.2) is 0 Å². The van der Waals surface area contributed by atoms with Gasteiger partial charge in [0.2, 0.25) is 0 Å². The highest BCUT2D eigenvalue weighted by Crippen LogP contribution is 2.23. The fourth-order valence-corrected chi connectivity index (χ4v) is 1.79. The molecular formula is C15H10Cl2O. The number of terminal acetylenes is 1. The molecule has 3 heteroatoms. The third-order valence-electron chi connectivity index (χ3n) is 2.39. The summed E-state index contributed by atoms with van der Waals surface area (Å²) in [6.07, 6.45) is 5.32. The Kier molecular flexibility index (Phi) is 4.15. The van der Waals surface area contributed by atoms with Crippen molar-refractivity contribution in [2.24, 2.45) is 0 Å². The molecule has 0 spiro atoms. The van der Waals surface area contributed by atoms with Gasteiger partial charge in [-0.2, -0.15) is 0 Å². The van der Waals surface area contributed by atoms with Crippen LogP contribution in [0.3, 0.4) is 0 Å². The molecule has 18 heavy (non-hydrogen) atoms. The lowest BCUT2D eigenvalue weighted by atomic mass is 10.2. The third kappa shape index (κ3) is 3.20. The molecule has 0 bridgehead atoms. The minimum atomic E-state index is 0.422. The molecule has 0 atom stereocenters. The van der Waals surface area contributed by atoms with Gasteiger partial charge in [0.1, 0.15) is 12.4 Å². The summed E-state index contributed by atoms with van der Waals surface area (Å²) in [6, 6.07) is 12.8. The van der Waals surface area contributed by atoms with Crippen LogP contribution in [0.15, 0.2) is 42.5 Å². The Balaban J connectivity index is 2.07. The van der Waals surface area contributed by atoms with E-state index in [1.807, 2.05) is 30.3 Å². The van der Waals surface area contributed by atoms with Crippen molar-refractivity contribution in [3.8, 4) is 18.1 Å². The molecule has 0 aromatic heterocycles. The summed E-state index contributed by atoms with van der Waals surface area (Å²) < 4.78 is 5.63. The quantitative estimate of drug-likeness (QED) is 0.747. The van der Waals surface area contributed by atoms with Gasteiger partial charge in [-0.3, -0.25) is 0 Å². The topological polar surface area (TPSA) is 9.23 Å². The maximum atomic E-state index is 5.93. The lowest BCUT2D eigenvalue weighted by Gasteiger charge is -2.07. The minimum absolute atomic E-state index is 0.422. The van der Waals surface area contributed by atoms with Crippen LogP contribution in [0.2, 0.25) is 10.0 Å². The smallest absolute Gasteiger partial charge is 0.121 e. The van der Waals surface area contributed by atoms with Gasteiger partial charge in [-0.15, -0.1) is 6.42 Å². The molecule has 0 saturated carbocycles. The number of halogens is 2. The van der Waals surface area contributed by atoms with Gasteiger partial charge >= 0.3 is 0 Å². The van der Waals surface area contributed by atoms with Crippen molar-refractivity contribution in [2.75, 3.05) is 0 Å². The van der Waals surface area contributed by atoms with Gasteiger partial charge in [0.25, 0.3) is 0 Å². The Morgan fingerprint density at radius 3 is 2.61 bits per heavy atom. The maximum absolute atomic E-state index is 5.93. The summed E-state index contributed by atoms with van der Waals surface area (Å²) >= 11 is 11.8. The van der Waals surface area contributed by atoms with Gasteiger partial charge in [0.15, 0.2) is 0 Å². The zero-order valence-electron chi connectivity index (χ0n) is 9.49. The predicted octanol–water partition coefficient (Wildman–Crippen LogP) is 4.55. The molecule has 1 nitrogen and oxygen atoms in total. The van der Waals surface area contributed by atoms with E-state index >= 15 is 0 Å². The number of rotatable bonds is 3. The Hall–Kier alpha value is -1.62. The number of hydrogen-bond acceptors (Lipinski definition) is 1. The van der Waals surface area contributed by atoms with E-state index in [2.05, 4.69) is 5.92 Å². The van der Waals surface area contributed by atoms with Crippen LogP contribution >= 0.6 is 23.2 Å². The second kappa shape index (κ2) is 5.82. The molecule has 90 valence electrons. The summed E-state index contributed by atoms with van der Waals surface area (Å²) in [5.74, 6) is 3.30. The predicted molar refractivity (Wildman–Crippen MR) is 75.2 cm³/mol. The van der Waals surface area contributed by atoms with E-state index in [1.54, 1.807) is 12.1 Å². The third-order valence-corrected chi connectivity index (χ3v) is 3.13. The zero-order valence-corrected chi connectivity index (χ0v) is 11.0. The molecule has 0 N–H and O–H groups in total. The number of benzene rings is 2. The lowest BCUT2D eigenvalue weighted by Crippen LogP contribution is -1.95. The summed E-state index contributed by atoms with van der Waals surface area (Å²) in [5, 5.41) is 1.06. The van der Waals surface area contributed by atoms with Crippen LogP contribution < -0.4 is 4.74 Å². The molecule has 0 radical (unpaired) electrons. The van der Waals surface area contributed by atoms with E-state index in [0.29, 0.717) is 16.7 Å². The van der Waals surface area contributed by atoms with E-state index in [1.165, 1.54) is 0 Å². The summed E-state index contributed by atoms with van der Waals surface area (Å²) in [5.41, 5.74) is 1.75. The van der Waals surface area contributed by atoms with Gasteiger partial charge in [-0.25, -0.2) is 0 Å². The molecule has 2 rings (SSSR count). The highest BCUT2D eigenvalue weighted by molar-refractivity contribution is 6.42. The highest BCUT2D eigenvalue weighted by Gasteiger charge is 2.01. The number of ether oxygens (including phenoxy) is 1. The van der Waals surface area contributed by atoms with Gasteiger partial charge in [0.05, 0.1) is 10.0 Å². The first-order chi connectivity index (χ1) is 8.69. The fraction of sp³-hybridized carbons (Fsp3) is 0.0667. The van der Waals surface area contributed by atoms with E-state index < -0.39 is 0 Å². The van der Waals surface area contributed by atoms with Crippen molar-refractivity contribution >= 4 is 23.2 Å². The summed E-state index contributed by atoms with van der Waals surface area (Å²) in [7, 11) is 0. The minimum Gasteiger partial charge on any atom is -0.489 e. The first-order valence-electron chi connectivity index (χ1n) is 5.32. The van der Waals surface area contributed by atoms with Crippen molar-refractivity contribution in [3.05, 3.63) is 63.6 Å². The van der Waals surface area contributed by atoms with Crippen LogP contribution in [0.4, 0.5) is 0 Å². The SMILES string of the molecule is C#Cc1cccc(OCc2ccc(Cl)c(Cl)c2)c1. The van der Waals surface area contributed by atoms with Gasteiger partial charge in [-0.1, -0.05) is 41.3 Å². The van der Waals surface area contributed by atoms with Crippen LogP contribution in [0.1, 0.15) is 11.1 Å². The molecule has 0 unspecified atom stereocenters. The van der Waals surface area contributed by atoms with Crippen molar-refractivity contribution in [3.63, 3.8) is 0 Å². The highest BCUT2D eigenvalue weighted by atomic mass is 35.5. The van der Waals surface area contributed by atoms with Crippen LogP contribution in [-0.2, 0) is 6.61 Å². The van der Waals surface area contributed by atoms with E-state index in [9.17, 15) is 0 Å². The zero-order chi connectivity index (χ0) is 13.0. The van der Waals surface area contributed by atoms with Crippen molar-refractivity contribution in [2.45, 2.75) is 6.61 Å². The van der Waals surface area contributed by atoms with E-state index in [0.717, 1.165) is 16.9 Å². The van der Waals surface area contributed by atoms with Gasteiger partial charge in [0, 0.05) is 5.56 Å². The van der Waals surface area contributed by atoms with E-state index in [-0.39, 0.29) is 0 Å². The number of hydrogen-bond donors (Lipinski definition) is 0. The second-order valence-corrected chi connectivity index (χ2v) is 4.52. The molecule has 0 aliphatic rings. The Morgan fingerprint density at radius 2 is 1.89 bits per heavy atom. The van der Waals surface area contributed by atoms with Crippen molar-refractivity contribution in [1.29, 1.82) is 0 Å². The molecule has 0 amide bonds. The lowest BCUT2D eigenvalue weighted by molar-refractivity contribution is 0.306. The summed E-state index contributed by atoms with van der Waals surface area (Å²) in [4.78, 5) is 0. The molecular weight excluding hydrogens is 267 g/mol. The molecule has 0 heterocycles. The molecule has 0 fully saturated rings. The molecule has 0 aliphatic heterocycles. The summed E-state index contributed by atoms with van der Waals surface area (Å²) in [6.45, 7) is 0.422. The van der Waals surface area contributed by atoms with Crippen molar-refractivity contribution in [1.82, 2.24) is 0 Å². The van der Waals surface area contributed by atoms with Gasteiger partial charge in [-0.05, 0) is 35.9 Å². The van der Waals surface area contributed by atoms with Gasteiger partial charge < -0.3 is 4.74 Å². The molecule has 0 aliphatic carbocycles. The molecule has 2 aromatic carbocycles. The van der Waals surface area contributed by atoms with Crippen molar-refractivity contribution < 1.29 is 4.74 Å². The standard InChI is InChI=1S/C15H10Cl2O/c1-2-11-4-3-5-13(8-11)18-10-12-6-7-14(16)15(17)9-12/h1,3-9H,10H2. The largest absolute Gasteiger partial charge is 0.489 e. The first-order valence-corrected chi connectivity index (χ1v) is 6.08. The van der Waals surface area contributed by atoms with Crippen LogP contribution in [0, 0.1) is 12.3 Å². The maximum Gasteiger partial charge on any atom is 0.121 e. The second-order valence-electron chi connectivity index (χ2n) is 3.71. The first kappa shape index (κ1) is 12.8. The Bertz CT molecular complexity index is 600. The van der Waals surface area contributed by atoms with E-state index in [4.69, 9.17) is 34.4 Å². The Labute approximate surface area is 116 Å². The fourth-order valence-electron chi connectivity index (χ4n) is 1.47. The molecule has 2 aromatic rings. The average Bonchev–Trinajstić information content (AvgIpc) is 2.40. The van der Waals surface area contributed by atoms with Crippen LogP contribution in [0.5, 0.6) is 5.75 Å². The Morgan fingerprint density at radius 1 is 1.06 bits per heavy atom.